The molecule has 0 fully saturated rings. The van der Waals surface area contributed by atoms with E-state index in [2.05, 4.69) is 25.8 Å². The topological polar surface area (TPSA) is 32.6 Å². The van der Waals surface area contributed by atoms with Crippen LogP contribution in [-0.2, 0) is 0 Å². The second kappa shape index (κ2) is 4.96. The molecule has 1 N–H and O–H groups in total. The van der Waals surface area contributed by atoms with E-state index in [4.69, 9.17) is 0 Å². The molecule has 15 heavy (non-hydrogen) atoms. The van der Waals surface area contributed by atoms with Gasteiger partial charge in [0.1, 0.15) is 5.75 Å². The van der Waals surface area contributed by atoms with Crippen molar-refractivity contribution in [2.45, 2.75) is 39.2 Å². The number of benzene rings is 1. The number of hydrogen-bond donors (Lipinski definition) is 1. The zero-order chi connectivity index (χ0) is 11.3. The Morgan fingerprint density at radius 1 is 1.33 bits per heavy atom. The molecule has 0 bridgehead atoms. The second-order valence-corrected chi connectivity index (χ2v) is 4.38. The lowest BCUT2D eigenvalue weighted by Crippen LogP contribution is -2.16. The van der Waals surface area contributed by atoms with Crippen LogP contribution in [0.1, 0.15) is 39.2 Å². The molecule has 0 atom stereocenters. The van der Waals surface area contributed by atoms with E-state index < -0.39 is 0 Å². The van der Waals surface area contributed by atoms with Crippen molar-refractivity contribution in [1.82, 2.24) is 0 Å². The Hall–Kier alpha value is -1.31. The summed E-state index contributed by atoms with van der Waals surface area (Å²) in [7, 11) is 0. The number of nitrogens with zero attached hydrogens (tertiary/aromatic N) is 1. The first-order valence-corrected chi connectivity index (χ1v) is 5.38. The van der Waals surface area contributed by atoms with Crippen molar-refractivity contribution in [3.63, 3.8) is 0 Å². The van der Waals surface area contributed by atoms with Crippen molar-refractivity contribution in [2.24, 2.45) is 4.99 Å². The highest BCUT2D eigenvalue weighted by Crippen LogP contribution is 2.18. The standard InChI is InChI=1S/C13H19NO/c1-4-9-13(2,3)14-10-11-7-5-6-8-12(11)15/h5-8,10,15H,4,9H2,1-3H3. The van der Waals surface area contributed by atoms with Gasteiger partial charge >= 0.3 is 0 Å². The molecule has 0 heterocycles. The van der Waals surface area contributed by atoms with E-state index in [1.54, 1.807) is 12.3 Å². The summed E-state index contributed by atoms with van der Waals surface area (Å²) < 4.78 is 0. The molecular weight excluding hydrogens is 186 g/mol. The van der Waals surface area contributed by atoms with Crippen LogP contribution in [0.4, 0.5) is 0 Å². The molecule has 0 aliphatic heterocycles. The molecule has 0 aliphatic carbocycles. The van der Waals surface area contributed by atoms with Crippen LogP contribution in [0.15, 0.2) is 29.3 Å². The van der Waals surface area contributed by atoms with E-state index in [1.165, 1.54) is 0 Å². The fraction of sp³-hybridized carbons (Fsp3) is 0.462. The van der Waals surface area contributed by atoms with Crippen LogP contribution in [0.3, 0.4) is 0 Å². The first kappa shape index (κ1) is 11.8. The fourth-order valence-electron chi connectivity index (χ4n) is 1.52. The maximum Gasteiger partial charge on any atom is 0.124 e. The fourth-order valence-corrected chi connectivity index (χ4v) is 1.52. The molecule has 0 spiro atoms. The van der Waals surface area contributed by atoms with Crippen molar-refractivity contribution in [3.8, 4) is 5.75 Å². The van der Waals surface area contributed by atoms with Crippen LogP contribution in [-0.4, -0.2) is 16.9 Å². The van der Waals surface area contributed by atoms with E-state index in [1.807, 2.05) is 18.2 Å². The van der Waals surface area contributed by atoms with E-state index in [0.717, 1.165) is 18.4 Å². The largest absolute Gasteiger partial charge is 0.507 e. The van der Waals surface area contributed by atoms with Gasteiger partial charge in [0.05, 0.1) is 5.54 Å². The third-order valence-corrected chi connectivity index (χ3v) is 2.35. The second-order valence-electron chi connectivity index (χ2n) is 4.38. The van der Waals surface area contributed by atoms with Crippen LogP contribution in [0.5, 0.6) is 5.75 Å². The zero-order valence-corrected chi connectivity index (χ0v) is 9.70. The molecule has 2 heteroatoms. The monoisotopic (exact) mass is 205 g/mol. The van der Waals surface area contributed by atoms with Gasteiger partial charge < -0.3 is 5.11 Å². The SMILES string of the molecule is CCCC(C)(C)N=Cc1ccccc1O. The van der Waals surface area contributed by atoms with Crippen LogP contribution in [0, 0.1) is 0 Å². The average molecular weight is 205 g/mol. The van der Waals surface area contributed by atoms with Crippen molar-refractivity contribution >= 4 is 6.21 Å². The lowest BCUT2D eigenvalue weighted by molar-refractivity contribution is 0.470. The third kappa shape index (κ3) is 3.74. The minimum Gasteiger partial charge on any atom is -0.507 e. The summed E-state index contributed by atoms with van der Waals surface area (Å²) in [5.74, 6) is 0.286. The average Bonchev–Trinajstić information content (AvgIpc) is 2.16. The number of aromatic hydroxyl groups is 1. The molecule has 0 unspecified atom stereocenters. The van der Waals surface area contributed by atoms with Gasteiger partial charge in [-0.25, -0.2) is 0 Å². The predicted octanol–water partition coefficient (Wildman–Crippen LogP) is 3.39. The number of para-hydroxylation sites is 1. The molecule has 0 radical (unpaired) electrons. The molecule has 0 aromatic heterocycles. The summed E-state index contributed by atoms with van der Waals surface area (Å²) in [6.45, 7) is 6.36. The molecule has 82 valence electrons. The molecular formula is C13H19NO. The number of rotatable bonds is 4. The lowest BCUT2D eigenvalue weighted by Gasteiger charge is -2.18. The summed E-state index contributed by atoms with van der Waals surface area (Å²) in [6, 6.07) is 7.24. The Morgan fingerprint density at radius 3 is 2.60 bits per heavy atom. The van der Waals surface area contributed by atoms with Crippen LogP contribution < -0.4 is 0 Å². The predicted molar refractivity (Wildman–Crippen MR) is 64.7 cm³/mol. The van der Waals surface area contributed by atoms with Crippen LogP contribution >= 0.6 is 0 Å². The molecule has 0 aliphatic rings. The smallest absolute Gasteiger partial charge is 0.124 e. The van der Waals surface area contributed by atoms with Gasteiger partial charge in [0.15, 0.2) is 0 Å². The molecule has 2 nitrogen and oxygen atoms in total. The van der Waals surface area contributed by atoms with E-state index in [9.17, 15) is 5.11 Å². The van der Waals surface area contributed by atoms with Crippen LogP contribution in [0.2, 0.25) is 0 Å². The number of phenolic OH excluding ortho intramolecular Hbond substituents is 1. The number of aliphatic imine (C=N–C) groups is 1. The maximum atomic E-state index is 9.55. The Morgan fingerprint density at radius 2 is 2.00 bits per heavy atom. The lowest BCUT2D eigenvalue weighted by atomic mass is 10.00. The zero-order valence-electron chi connectivity index (χ0n) is 9.70. The van der Waals surface area contributed by atoms with Gasteiger partial charge in [-0.15, -0.1) is 0 Å². The highest BCUT2D eigenvalue weighted by molar-refractivity contribution is 5.83. The van der Waals surface area contributed by atoms with Gasteiger partial charge in [0.25, 0.3) is 0 Å². The Labute approximate surface area is 91.7 Å². The Bertz CT molecular complexity index is 342. The van der Waals surface area contributed by atoms with Crippen molar-refractivity contribution in [3.05, 3.63) is 29.8 Å². The van der Waals surface area contributed by atoms with E-state index in [-0.39, 0.29) is 11.3 Å². The molecule has 0 saturated carbocycles. The first-order valence-electron chi connectivity index (χ1n) is 5.38. The van der Waals surface area contributed by atoms with Crippen molar-refractivity contribution in [1.29, 1.82) is 0 Å². The summed E-state index contributed by atoms with van der Waals surface area (Å²) >= 11 is 0. The summed E-state index contributed by atoms with van der Waals surface area (Å²) in [6.07, 6.45) is 3.92. The van der Waals surface area contributed by atoms with E-state index >= 15 is 0 Å². The maximum absolute atomic E-state index is 9.55. The van der Waals surface area contributed by atoms with Gasteiger partial charge in [-0.3, -0.25) is 4.99 Å². The minimum absolute atomic E-state index is 0.0446. The number of hydrogen-bond acceptors (Lipinski definition) is 2. The molecule has 1 aromatic rings. The highest BCUT2D eigenvalue weighted by atomic mass is 16.3. The quantitative estimate of drug-likeness (QED) is 0.751. The third-order valence-electron chi connectivity index (χ3n) is 2.35. The molecule has 0 saturated heterocycles. The molecule has 0 amide bonds. The minimum atomic E-state index is -0.0446. The molecule has 1 rings (SSSR count). The Kier molecular flexibility index (Phi) is 3.89. The van der Waals surface area contributed by atoms with Gasteiger partial charge in [-0.2, -0.15) is 0 Å². The summed E-state index contributed by atoms with van der Waals surface area (Å²) in [5, 5.41) is 9.55. The van der Waals surface area contributed by atoms with Crippen LogP contribution in [0.25, 0.3) is 0 Å². The van der Waals surface area contributed by atoms with Gasteiger partial charge in [-0.1, -0.05) is 25.5 Å². The Balaban J connectivity index is 2.77. The normalized spacial score (nSPS) is 12.2. The summed E-state index contributed by atoms with van der Waals surface area (Å²) in [5.41, 5.74) is 0.735. The summed E-state index contributed by atoms with van der Waals surface area (Å²) in [4.78, 5) is 4.49. The van der Waals surface area contributed by atoms with Crippen molar-refractivity contribution < 1.29 is 5.11 Å². The first-order chi connectivity index (χ1) is 7.05. The van der Waals surface area contributed by atoms with Gasteiger partial charge in [0, 0.05) is 11.8 Å². The van der Waals surface area contributed by atoms with Gasteiger partial charge in [-0.05, 0) is 32.4 Å². The molecule has 1 aromatic carbocycles. The van der Waals surface area contributed by atoms with Crippen molar-refractivity contribution in [2.75, 3.05) is 0 Å². The highest BCUT2D eigenvalue weighted by Gasteiger charge is 2.13. The van der Waals surface area contributed by atoms with Gasteiger partial charge in [0.2, 0.25) is 0 Å². The number of phenols is 1. The van der Waals surface area contributed by atoms with E-state index in [0.29, 0.717) is 0 Å².